The highest BCUT2D eigenvalue weighted by Gasteiger charge is 2.23. The van der Waals surface area contributed by atoms with E-state index in [0.29, 0.717) is 28.3 Å². The summed E-state index contributed by atoms with van der Waals surface area (Å²) in [4.78, 5) is 24.8. The predicted molar refractivity (Wildman–Crippen MR) is 136 cm³/mol. The number of rotatable bonds is 9. The topological polar surface area (TPSA) is 117 Å². The van der Waals surface area contributed by atoms with Crippen LogP contribution in [0.2, 0.25) is 0 Å². The Morgan fingerprint density at radius 3 is 2.17 bits per heavy atom. The summed E-state index contributed by atoms with van der Waals surface area (Å²) in [6, 6.07) is 22.3. The Kier molecular flexibility index (Phi) is 8.21. The van der Waals surface area contributed by atoms with Gasteiger partial charge in [0.15, 0.2) is 0 Å². The number of carbonyl (C=O) groups excluding carboxylic acids is 2. The second-order valence-corrected chi connectivity index (χ2v) is 9.48. The molecule has 0 bridgehead atoms. The van der Waals surface area contributed by atoms with Gasteiger partial charge < -0.3 is 10.1 Å². The molecule has 0 aliphatic rings. The molecule has 0 saturated carbocycles. The number of anilines is 2. The van der Waals surface area contributed by atoms with Crippen LogP contribution in [0.4, 0.5) is 11.4 Å². The van der Waals surface area contributed by atoms with Gasteiger partial charge in [0.2, 0.25) is 10.0 Å². The fourth-order valence-corrected chi connectivity index (χ4v) is 4.04. The lowest BCUT2D eigenvalue weighted by Gasteiger charge is -2.23. The van der Waals surface area contributed by atoms with Gasteiger partial charge in [0.05, 0.1) is 24.8 Å². The van der Waals surface area contributed by atoms with E-state index in [1.807, 2.05) is 6.07 Å². The van der Waals surface area contributed by atoms with Crippen molar-refractivity contribution in [1.82, 2.24) is 5.43 Å². The summed E-state index contributed by atoms with van der Waals surface area (Å²) in [5, 5.41) is 6.89. The van der Waals surface area contributed by atoms with Crippen molar-refractivity contribution < 1.29 is 22.7 Å². The first-order valence-electron chi connectivity index (χ1n) is 10.6. The monoisotopic (exact) mass is 494 g/mol. The average molecular weight is 495 g/mol. The fraction of sp³-hybridized carbons (Fsp3) is 0.160. The van der Waals surface area contributed by atoms with E-state index in [1.165, 1.54) is 7.11 Å². The largest absolute Gasteiger partial charge is 0.495 e. The highest BCUT2D eigenvalue weighted by molar-refractivity contribution is 7.92. The molecule has 3 aromatic rings. The quantitative estimate of drug-likeness (QED) is 0.350. The van der Waals surface area contributed by atoms with Gasteiger partial charge in [-0.15, -0.1) is 0 Å². The van der Waals surface area contributed by atoms with Crippen molar-refractivity contribution in [3.8, 4) is 5.75 Å². The van der Waals surface area contributed by atoms with Crippen molar-refractivity contribution in [3.05, 3.63) is 90.0 Å². The molecular weight excluding hydrogens is 468 g/mol. The molecule has 0 aliphatic carbocycles. The van der Waals surface area contributed by atoms with Crippen molar-refractivity contribution in [3.63, 3.8) is 0 Å². The zero-order valence-corrected chi connectivity index (χ0v) is 20.4. The van der Waals surface area contributed by atoms with E-state index in [0.717, 1.165) is 10.6 Å². The molecule has 2 amide bonds. The maximum absolute atomic E-state index is 12.5. The summed E-state index contributed by atoms with van der Waals surface area (Å²) in [7, 11) is -2.34. The third kappa shape index (κ3) is 6.90. The van der Waals surface area contributed by atoms with E-state index in [-0.39, 0.29) is 11.6 Å². The van der Waals surface area contributed by atoms with Gasteiger partial charge in [-0.25, -0.2) is 13.8 Å². The molecule has 0 atom stereocenters. The van der Waals surface area contributed by atoms with Crippen molar-refractivity contribution >= 4 is 38.9 Å². The van der Waals surface area contributed by atoms with Gasteiger partial charge in [-0.2, -0.15) is 5.10 Å². The minimum absolute atomic E-state index is 0.221. The Balaban J connectivity index is 1.65. The van der Waals surface area contributed by atoms with Crippen LogP contribution in [0.5, 0.6) is 5.75 Å². The second kappa shape index (κ2) is 11.3. The molecule has 0 fully saturated rings. The number of methoxy groups -OCH3 is 1. The molecule has 0 heterocycles. The van der Waals surface area contributed by atoms with Crippen LogP contribution < -0.4 is 19.8 Å². The SMILES string of the molecule is COc1ccccc1N(CC(=O)N/N=C(/C)c1ccc(NC(=O)c2ccccc2)cc1)S(C)(=O)=O. The summed E-state index contributed by atoms with van der Waals surface area (Å²) < 4.78 is 30.8. The first-order chi connectivity index (χ1) is 16.7. The standard InChI is InChI=1S/C25H26N4O5S/c1-18(19-13-15-21(16-14-19)26-25(31)20-9-5-4-6-10-20)27-28-24(30)17-29(35(3,32)33)22-11-7-8-12-23(22)34-2/h4-16H,17H2,1-3H3,(H,26,31)(H,28,30)/b27-18-. The lowest BCUT2D eigenvalue weighted by molar-refractivity contribution is -0.119. The van der Waals surface area contributed by atoms with Gasteiger partial charge in [0.25, 0.3) is 11.8 Å². The Labute approximate surface area is 204 Å². The first-order valence-corrected chi connectivity index (χ1v) is 12.4. The first kappa shape index (κ1) is 25.4. The number of para-hydroxylation sites is 2. The molecule has 3 aromatic carbocycles. The number of hydrogen-bond donors (Lipinski definition) is 2. The molecular formula is C25H26N4O5S. The molecule has 182 valence electrons. The molecule has 0 saturated heterocycles. The molecule has 2 N–H and O–H groups in total. The Morgan fingerprint density at radius 1 is 0.914 bits per heavy atom. The minimum atomic E-state index is -3.76. The van der Waals surface area contributed by atoms with Crippen LogP contribution in [0.15, 0.2) is 84.0 Å². The number of hydrazone groups is 1. The van der Waals surface area contributed by atoms with Gasteiger partial charge in [0.1, 0.15) is 12.3 Å². The molecule has 0 aliphatic heterocycles. The third-order valence-electron chi connectivity index (χ3n) is 4.99. The van der Waals surface area contributed by atoms with Gasteiger partial charge in [-0.05, 0) is 48.9 Å². The smallest absolute Gasteiger partial charge is 0.260 e. The Bertz CT molecular complexity index is 1320. The molecule has 0 aromatic heterocycles. The van der Waals surface area contributed by atoms with E-state index in [2.05, 4.69) is 15.8 Å². The second-order valence-electron chi connectivity index (χ2n) is 7.57. The normalized spacial score (nSPS) is 11.5. The van der Waals surface area contributed by atoms with Gasteiger partial charge in [-0.1, -0.05) is 42.5 Å². The van der Waals surface area contributed by atoms with Crippen molar-refractivity contribution in [1.29, 1.82) is 0 Å². The minimum Gasteiger partial charge on any atom is -0.495 e. The summed E-state index contributed by atoms with van der Waals surface area (Å²) in [5.41, 5.74) is 5.02. The summed E-state index contributed by atoms with van der Waals surface area (Å²) >= 11 is 0. The predicted octanol–water partition coefficient (Wildman–Crippen LogP) is 3.25. The van der Waals surface area contributed by atoms with Crippen LogP contribution in [0.3, 0.4) is 0 Å². The Hall–Kier alpha value is -4.18. The van der Waals surface area contributed by atoms with E-state index in [1.54, 1.807) is 79.7 Å². The van der Waals surface area contributed by atoms with Crippen LogP contribution in [-0.4, -0.2) is 45.9 Å². The lowest BCUT2D eigenvalue weighted by Crippen LogP contribution is -2.39. The molecule has 0 unspecified atom stereocenters. The van der Waals surface area contributed by atoms with Crippen molar-refractivity contribution in [2.24, 2.45) is 5.10 Å². The molecule has 3 rings (SSSR count). The summed E-state index contributed by atoms with van der Waals surface area (Å²) in [6.45, 7) is 1.23. The number of amides is 2. The molecule has 9 nitrogen and oxygen atoms in total. The maximum atomic E-state index is 12.5. The number of nitrogens with zero attached hydrogens (tertiary/aromatic N) is 2. The van der Waals surface area contributed by atoms with E-state index < -0.39 is 22.5 Å². The van der Waals surface area contributed by atoms with Crippen LogP contribution >= 0.6 is 0 Å². The third-order valence-corrected chi connectivity index (χ3v) is 6.11. The van der Waals surface area contributed by atoms with E-state index >= 15 is 0 Å². The van der Waals surface area contributed by atoms with E-state index in [9.17, 15) is 18.0 Å². The average Bonchev–Trinajstić information content (AvgIpc) is 2.86. The number of carbonyl (C=O) groups is 2. The molecule has 10 heteroatoms. The number of nitrogens with one attached hydrogen (secondary N) is 2. The van der Waals surface area contributed by atoms with Gasteiger partial charge in [0, 0.05) is 11.3 Å². The zero-order valence-electron chi connectivity index (χ0n) is 19.6. The van der Waals surface area contributed by atoms with Crippen LogP contribution in [0.25, 0.3) is 0 Å². The summed E-state index contributed by atoms with van der Waals surface area (Å²) in [6.07, 6.45) is 1.01. The zero-order chi connectivity index (χ0) is 25.4. The lowest BCUT2D eigenvalue weighted by atomic mass is 10.1. The number of benzene rings is 3. The number of hydrogen-bond acceptors (Lipinski definition) is 6. The van der Waals surface area contributed by atoms with Crippen molar-refractivity contribution in [2.45, 2.75) is 6.92 Å². The maximum Gasteiger partial charge on any atom is 0.260 e. The molecule has 0 spiro atoms. The van der Waals surface area contributed by atoms with E-state index in [4.69, 9.17) is 4.74 Å². The number of sulfonamides is 1. The molecule has 0 radical (unpaired) electrons. The van der Waals surface area contributed by atoms with Crippen LogP contribution in [0, 0.1) is 0 Å². The summed E-state index contributed by atoms with van der Waals surface area (Å²) in [5.74, 6) is -0.515. The fourth-order valence-electron chi connectivity index (χ4n) is 3.18. The van der Waals surface area contributed by atoms with Crippen LogP contribution in [0.1, 0.15) is 22.8 Å². The number of ether oxygens (including phenoxy) is 1. The Morgan fingerprint density at radius 2 is 1.54 bits per heavy atom. The van der Waals surface area contributed by atoms with Gasteiger partial charge >= 0.3 is 0 Å². The van der Waals surface area contributed by atoms with Crippen molar-refractivity contribution in [2.75, 3.05) is 29.5 Å². The van der Waals surface area contributed by atoms with Crippen LogP contribution in [-0.2, 0) is 14.8 Å². The highest BCUT2D eigenvalue weighted by atomic mass is 32.2. The van der Waals surface area contributed by atoms with Gasteiger partial charge in [-0.3, -0.25) is 13.9 Å². The highest BCUT2D eigenvalue weighted by Crippen LogP contribution is 2.29. The molecule has 35 heavy (non-hydrogen) atoms.